The van der Waals surface area contributed by atoms with Crippen molar-refractivity contribution in [1.82, 2.24) is 0 Å². The molecule has 0 N–H and O–H groups in total. The Kier molecular flexibility index (Phi) is 2.80. The van der Waals surface area contributed by atoms with Gasteiger partial charge in [0.15, 0.2) is 11.4 Å². The number of allylic oxidation sites excluding steroid dienone is 1. The first-order valence-electron chi connectivity index (χ1n) is 8.21. The smallest absolute Gasteiger partial charge is 0.307 e. The summed E-state index contributed by atoms with van der Waals surface area (Å²) in [5.41, 5.74) is 1.91. The lowest BCUT2D eigenvalue weighted by Gasteiger charge is -2.47. The van der Waals surface area contributed by atoms with Gasteiger partial charge in [0.25, 0.3) is 0 Å². The van der Waals surface area contributed by atoms with E-state index in [1.54, 1.807) is 0 Å². The molecule has 0 bridgehead atoms. The van der Waals surface area contributed by atoms with Crippen LogP contribution in [0.3, 0.4) is 0 Å². The molecule has 0 aromatic heterocycles. The van der Waals surface area contributed by atoms with E-state index in [4.69, 9.17) is 4.74 Å². The molecule has 3 aliphatic carbocycles. The van der Waals surface area contributed by atoms with Crippen LogP contribution in [0.1, 0.15) is 64.2 Å². The van der Waals surface area contributed by atoms with Crippen molar-refractivity contribution in [2.45, 2.75) is 69.8 Å². The van der Waals surface area contributed by atoms with Gasteiger partial charge in [-0.15, -0.1) is 0 Å². The second-order valence-corrected chi connectivity index (χ2v) is 6.87. The zero-order chi connectivity index (χ0) is 13.7. The van der Waals surface area contributed by atoms with Crippen molar-refractivity contribution in [2.75, 3.05) is 0 Å². The number of ether oxygens (including phenoxy) is 1. The minimum absolute atomic E-state index is 0.131. The third-order valence-electron chi connectivity index (χ3n) is 5.92. The Balaban J connectivity index is 1.85. The summed E-state index contributed by atoms with van der Waals surface area (Å²) in [6.45, 7) is 0. The van der Waals surface area contributed by atoms with E-state index in [0.29, 0.717) is 18.8 Å². The number of rotatable bonds is 0. The average Bonchev–Trinajstić information content (AvgIpc) is 2.88. The molecule has 0 aromatic rings. The van der Waals surface area contributed by atoms with Gasteiger partial charge >= 0.3 is 5.97 Å². The van der Waals surface area contributed by atoms with Crippen LogP contribution in [-0.2, 0) is 14.3 Å². The lowest BCUT2D eigenvalue weighted by molar-refractivity contribution is -0.158. The third kappa shape index (κ3) is 1.58. The fourth-order valence-electron chi connectivity index (χ4n) is 5.07. The number of hydrogen-bond acceptors (Lipinski definition) is 3. The van der Waals surface area contributed by atoms with Gasteiger partial charge in [-0.25, -0.2) is 0 Å². The van der Waals surface area contributed by atoms with E-state index in [1.807, 2.05) is 0 Å². The molecule has 0 amide bonds. The molecule has 1 saturated carbocycles. The number of esters is 1. The molecule has 3 nitrogen and oxygen atoms in total. The molecule has 20 heavy (non-hydrogen) atoms. The summed E-state index contributed by atoms with van der Waals surface area (Å²) in [5, 5.41) is 0. The molecule has 1 saturated heterocycles. The average molecular weight is 274 g/mol. The topological polar surface area (TPSA) is 43.4 Å². The van der Waals surface area contributed by atoms with E-state index in [-0.39, 0.29) is 17.7 Å². The maximum absolute atomic E-state index is 13.1. The van der Waals surface area contributed by atoms with Gasteiger partial charge in [-0.3, -0.25) is 9.59 Å². The predicted octanol–water partition coefficient (Wildman–Crippen LogP) is 3.32. The van der Waals surface area contributed by atoms with Crippen LogP contribution in [0.15, 0.2) is 11.1 Å². The quantitative estimate of drug-likeness (QED) is 0.502. The van der Waals surface area contributed by atoms with Gasteiger partial charge in [-0.2, -0.15) is 0 Å². The number of ketones is 1. The van der Waals surface area contributed by atoms with Gasteiger partial charge in [-0.05, 0) is 50.0 Å². The van der Waals surface area contributed by atoms with Crippen LogP contribution in [-0.4, -0.2) is 17.4 Å². The van der Waals surface area contributed by atoms with Crippen LogP contribution in [0.4, 0.5) is 0 Å². The van der Waals surface area contributed by atoms with Crippen molar-refractivity contribution in [3.63, 3.8) is 0 Å². The van der Waals surface area contributed by atoms with Crippen LogP contribution in [0.2, 0.25) is 0 Å². The lowest BCUT2D eigenvalue weighted by Crippen LogP contribution is -2.52. The van der Waals surface area contributed by atoms with E-state index in [1.165, 1.54) is 30.4 Å². The summed E-state index contributed by atoms with van der Waals surface area (Å²) < 4.78 is 5.67. The highest BCUT2D eigenvalue weighted by atomic mass is 16.6. The molecule has 1 unspecified atom stereocenters. The highest BCUT2D eigenvalue weighted by Gasteiger charge is 2.58. The molecule has 1 heterocycles. The first-order valence-corrected chi connectivity index (χ1v) is 8.21. The normalized spacial score (nSPS) is 40.6. The van der Waals surface area contributed by atoms with Crippen LogP contribution in [0, 0.1) is 11.8 Å². The monoisotopic (exact) mass is 274 g/mol. The number of carbonyl (C=O) groups is 2. The first kappa shape index (κ1) is 12.6. The molecule has 4 aliphatic rings. The zero-order valence-corrected chi connectivity index (χ0v) is 12.0. The van der Waals surface area contributed by atoms with Crippen LogP contribution in [0.25, 0.3) is 0 Å². The Hall–Kier alpha value is -1.12. The predicted molar refractivity (Wildman–Crippen MR) is 74.0 cm³/mol. The van der Waals surface area contributed by atoms with E-state index < -0.39 is 5.60 Å². The van der Waals surface area contributed by atoms with E-state index in [9.17, 15) is 9.59 Å². The second kappa shape index (κ2) is 4.44. The van der Waals surface area contributed by atoms with Gasteiger partial charge in [0, 0.05) is 12.3 Å². The summed E-state index contributed by atoms with van der Waals surface area (Å²) in [6.07, 6.45) is 10.1. The number of fused-ring (bicyclic) bond motifs is 3. The van der Waals surface area contributed by atoms with Crippen molar-refractivity contribution < 1.29 is 14.3 Å². The van der Waals surface area contributed by atoms with E-state index in [0.717, 1.165) is 32.1 Å². The summed E-state index contributed by atoms with van der Waals surface area (Å²) in [5.74, 6) is 0.668. The fourth-order valence-corrected chi connectivity index (χ4v) is 5.07. The second-order valence-electron chi connectivity index (χ2n) is 6.87. The molecule has 1 spiro atoms. The maximum Gasteiger partial charge on any atom is 0.307 e. The number of carbonyl (C=O) groups excluding carboxylic acids is 2. The summed E-state index contributed by atoms with van der Waals surface area (Å²) in [4.78, 5) is 24.8. The number of hydrogen-bond donors (Lipinski definition) is 0. The Morgan fingerprint density at radius 2 is 1.65 bits per heavy atom. The summed E-state index contributed by atoms with van der Waals surface area (Å²) >= 11 is 0. The molecule has 2 fully saturated rings. The molecule has 0 aromatic carbocycles. The van der Waals surface area contributed by atoms with Gasteiger partial charge in [0.05, 0.1) is 6.42 Å². The molecule has 108 valence electrons. The van der Waals surface area contributed by atoms with Crippen LogP contribution < -0.4 is 0 Å². The molecule has 3 heteroatoms. The molecule has 1 aliphatic heterocycles. The SMILES string of the molecule is O=C1CC[C@@]2(O1)C(=O)[C@H]1CCCCC1C1=C2CCCC1. The van der Waals surface area contributed by atoms with Crippen LogP contribution >= 0.6 is 0 Å². The van der Waals surface area contributed by atoms with Crippen molar-refractivity contribution >= 4 is 11.8 Å². The van der Waals surface area contributed by atoms with Gasteiger partial charge in [-0.1, -0.05) is 18.4 Å². The van der Waals surface area contributed by atoms with E-state index >= 15 is 0 Å². The molecule has 3 atom stereocenters. The minimum atomic E-state index is -0.828. The Labute approximate surface area is 119 Å². The van der Waals surface area contributed by atoms with Crippen LogP contribution in [0.5, 0.6) is 0 Å². The summed E-state index contributed by atoms with van der Waals surface area (Å²) in [6, 6.07) is 0. The number of Topliss-reactive ketones (excluding diaryl/α,β-unsaturated/α-hetero) is 1. The summed E-state index contributed by atoms with van der Waals surface area (Å²) in [7, 11) is 0. The molecule has 0 radical (unpaired) electrons. The van der Waals surface area contributed by atoms with Crippen molar-refractivity contribution in [3.05, 3.63) is 11.1 Å². The molecule has 4 rings (SSSR count). The maximum atomic E-state index is 13.1. The highest BCUT2D eigenvalue weighted by molar-refractivity contribution is 5.98. The first-order chi connectivity index (χ1) is 9.72. The van der Waals surface area contributed by atoms with Gasteiger partial charge in [0.2, 0.25) is 0 Å². The van der Waals surface area contributed by atoms with Gasteiger partial charge in [0.1, 0.15) is 0 Å². The lowest BCUT2D eigenvalue weighted by atomic mass is 9.59. The highest BCUT2D eigenvalue weighted by Crippen LogP contribution is 2.53. The van der Waals surface area contributed by atoms with Gasteiger partial charge < -0.3 is 4.74 Å². The standard InChI is InChI=1S/C17H22O3/c18-15-9-10-17(20-15)14-8-4-3-6-12(14)11-5-1-2-7-13(11)16(17)19/h11,13H,1-10H2/t11?,13-,17-/m0/s1. The Bertz CT molecular complexity index is 504. The Morgan fingerprint density at radius 3 is 2.40 bits per heavy atom. The molecular weight excluding hydrogens is 252 g/mol. The van der Waals surface area contributed by atoms with E-state index in [2.05, 4.69) is 0 Å². The molecular formula is C17H22O3. The largest absolute Gasteiger partial charge is 0.446 e. The zero-order valence-electron chi connectivity index (χ0n) is 12.0. The minimum Gasteiger partial charge on any atom is -0.446 e. The third-order valence-corrected chi connectivity index (χ3v) is 5.92. The van der Waals surface area contributed by atoms with Crippen molar-refractivity contribution in [3.8, 4) is 0 Å². The van der Waals surface area contributed by atoms with Crippen molar-refractivity contribution in [1.29, 1.82) is 0 Å². The Morgan fingerprint density at radius 1 is 0.900 bits per heavy atom. The van der Waals surface area contributed by atoms with Crippen molar-refractivity contribution in [2.24, 2.45) is 11.8 Å². The fraction of sp³-hybridized carbons (Fsp3) is 0.765.